The quantitative estimate of drug-likeness (QED) is 0.687. The maximum atomic E-state index is 11.8. The Morgan fingerprint density at radius 1 is 1.43 bits per heavy atom. The number of hydrogen-bond donors (Lipinski definition) is 3. The molecule has 0 aromatic carbocycles. The number of carbonyl (C=O) groups is 2. The van der Waals surface area contributed by atoms with Crippen LogP contribution in [0.25, 0.3) is 0 Å². The van der Waals surface area contributed by atoms with Crippen LogP contribution in [0.4, 0.5) is 10.5 Å². The van der Waals surface area contributed by atoms with Crippen molar-refractivity contribution in [2.24, 2.45) is 5.41 Å². The summed E-state index contributed by atoms with van der Waals surface area (Å²) in [6, 6.07) is -0.336. The van der Waals surface area contributed by atoms with Gasteiger partial charge >= 0.3 is 12.0 Å². The highest BCUT2D eigenvalue weighted by atomic mass is 16.4. The van der Waals surface area contributed by atoms with Gasteiger partial charge in [-0.05, 0) is 19.5 Å². The lowest BCUT2D eigenvalue weighted by molar-refractivity contribution is -0.137. The van der Waals surface area contributed by atoms with E-state index in [4.69, 9.17) is 5.11 Å². The average Bonchev–Trinajstić information content (AvgIpc) is 2.71. The fourth-order valence-corrected chi connectivity index (χ4v) is 2.06. The number of amides is 2. The first-order valence-corrected chi connectivity index (χ1v) is 6.62. The Bertz CT molecular complexity index is 496. The Morgan fingerprint density at radius 2 is 2.10 bits per heavy atom. The van der Waals surface area contributed by atoms with Gasteiger partial charge in [0, 0.05) is 19.3 Å². The molecule has 8 nitrogen and oxygen atoms in total. The van der Waals surface area contributed by atoms with Crippen molar-refractivity contribution >= 4 is 17.7 Å². The van der Waals surface area contributed by atoms with Crippen LogP contribution in [0.3, 0.4) is 0 Å². The molecule has 0 saturated carbocycles. The molecule has 1 heterocycles. The highest BCUT2D eigenvalue weighted by molar-refractivity contribution is 5.88. The van der Waals surface area contributed by atoms with Crippen LogP contribution in [0.15, 0.2) is 12.4 Å². The minimum absolute atomic E-state index is 0.0473. The minimum Gasteiger partial charge on any atom is -0.480 e. The second kappa shape index (κ2) is 7.07. The third kappa shape index (κ3) is 6.75. The van der Waals surface area contributed by atoms with Crippen LogP contribution >= 0.6 is 0 Å². The molecule has 8 heteroatoms. The van der Waals surface area contributed by atoms with Gasteiger partial charge in [-0.1, -0.05) is 13.8 Å². The Morgan fingerprint density at radius 3 is 2.67 bits per heavy atom. The molecular formula is C13H23N5O3. The summed E-state index contributed by atoms with van der Waals surface area (Å²) in [5.74, 6) is -0.987. The van der Waals surface area contributed by atoms with Crippen LogP contribution in [-0.2, 0) is 11.3 Å². The van der Waals surface area contributed by atoms with Crippen molar-refractivity contribution in [3.05, 3.63) is 12.4 Å². The van der Waals surface area contributed by atoms with Crippen LogP contribution in [0.1, 0.15) is 13.8 Å². The first-order chi connectivity index (χ1) is 9.68. The smallest absolute Gasteiger partial charge is 0.325 e. The zero-order valence-electron chi connectivity index (χ0n) is 12.9. The molecule has 0 aliphatic carbocycles. The fraction of sp³-hybridized carbons (Fsp3) is 0.615. The number of nitrogens with one attached hydrogen (secondary N) is 2. The summed E-state index contributed by atoms with van der Waals surface area (Å²) in [4.78, 5) is 24.4. The minimum atomic E-state index is -0.987. The highest BCUT2D eigenvalue weighted by Crippen LogP contribution is 2.14. The molecule has 3 N–H and O–H groups in total. The molecule has 1 rings (SSSR count). The van der Waals surface area contributed by atoms with E-state index < -0.39 is 5.97 Å². The van der Waals surface area contributed by atoms with Gasteiger partial charge in [0.1, 0.15) is 6.54 Å². The summed E-state index contributed by atoms with van der Waals surface area (Å²) in [6.45, 7) is 5.28. The second-order valence-electron chi connectivity index (χ2n) is 6.03. The lowest BCUT2D eigenvalue weighted by atomic mass is 9.93. The molecule has 0 atom stereocenters. The molecular weight excluding hydrogens is 274 g/mol. The molecule has 0 unspecified atom stereocenters. The fourth-order valence-electron chi connectivity index (χ4n) is 2.06. The van der Waals surface area contributed by atoms with Gasteiger partial charge in [0.25, 0.3) is 0 Å². The summed E-state index contributed by atoms with van der Waals surface area (Å²) >= 11 is 0. The Kier molecular flexibility index (Phi) is 5.71. The molecule has 1 aromatic rings. The van der Waals surface area contributed by atoms with Crippen molar-refractivity contribution in [2.75, 3.05) is 32.5 Å². The number of aromatic nitrogens is 2. The first-order valence-electron chi connectivity index (χ1n) is 6.62. The Hall–Kier alpha value is -2.09. The van der Waals surface area contributed by atoms with E-state index in [-0.39, 0.29) is 18.0 Å². The van der Waals surface area contributed by atoms with Gasteiger partial charge in [-0.15, -0.1) is 0 Å². The molecule has 118 valence electrons. The summed E-state index contributed by atoms with van der Waals surface area (Å²) in [5, 5.41) is 17.9. The number of carboxylic acid groups (broad SMARTS) is 1. The van der Waals surface area contributed by atoms with Crippen LogP contribution in [0, 0.1) is 5.41 Å². The van der Waals surface area contributed by atoms with Gasteiger partial charge in [0.2, 0.25) is 0 Å². The third-order valence-electron chi connectivity index (χ3n) is 2.66. The van der Waals surface area contributed by atoms with Crippen molar-refractivity contribution in [1.82, 2.24) is 20.0 Å². The number of anilines is 1. The number of nitrogens with zero attached hydrogens (tertiary/aromatic N) is 3. The van der Waals surface area contributed by atoms with Crippen LogP contribution in [0.5, 0.6) is 0 Å². The zero-order valence-corrected chi connectivity index (χ0v) is 12.9. The molecule has 0 radical (unpaired) electrons. The predicted octanol–water partition coefficient (Wildman–Crippen LogP) is 0.677. The lowest BCUT2D eigenvalue weighted by Crippen LogP contribution is -2.41. The number of aliphatic carboxylic acids is 1. The molecule has 2 amide bonds. The largest absolute Gasteiger partial charge is 0.480 e. The monoisotopic (exact) mass is 297 g/mol. The molecule has 0 fully saturated rings. The van der Waals surface area contributed by atoms with E-state index in [9.17, 15) is 9.59 Å². The van der Waals surface area contributed by atoms with E-state index in [2.05, 4.69) is 34.5 Å². The van der Waals surface area contributed by atoms with Crippen molar-refractivity contribution in [3.63, 3.8) is 0 Å². The van der Waals surface area contributed by atoms with Crippen LogP contribution < -0.4 is 10.6 Å². The molecule has 0 aliphatic heterocycles. The molecule has 0 aliphatic rings. The topological polar surface area (TPSA) is 99.5 Å². The summed E-state index contributed by atoms with van der Waals surface area (Å²) < 4.78 is 1.24. The summed E-state index contributed by atoms with van der Waals surface area (Å²) in [5.41, 5.74) is 0.410. The lowest BCUT2D eigenvalue weighted by Gasteiger charge is -2.28. The van der Waals surface area contributed by atoms with E-state index in [1.54, 1.807) is 0 Å². The van der Waals surface area contributed by atoms with Gasteiger partial charge in [-0.3, -0.25) is 9.48 Å². The second-order valence-corrected chi connectivity index (χ2v) is 6.03. The van der Waals surface area contributed by atoms with E-state index in [0.717, 1.165) is 6.54 Å². The van der Waals surface area contributed by atoms with Crippen molar-refractivity contribution in [3.8, 4) is 0 Å². The molecule has 0 spiro atoms. The van der Waals surface area contributed by atoms with Crippen molar-refractivity contribution in [1.29, 1.82) is 0 Å². The summed E-state index contributed by atoms with van der Waals surface area (Å²) in [6.07, 6.45) is 2.88. The van der Waals surface area contributed by atoms with Gasteiger partial charge in [-0.25, -0.2) is 4.79 Å². The van der Waals surface area contributed by atoms with E-state index >= 15 is 0 Å². The zero-order chi connectivity index (χ0) is 16.0. The molecule has 21 heavy (non-hydrogen) atoms. The highest BCUT2D eigenvalue weighted by Gasteiger charge is 2.19. The number of rotatable bonds is 7. The third-order valence-corrected chi connectivity index (χ3v) is 2.66. The first kappa shape index (κ1) is 17.0. The molecule has 0 saturated heterocycles. The van der Waals surface area contributed by atoms with Gasteiger partial charge in [0.15, 0.2) is 0 Å². The average molecular weight is 297 g/mol. The van der Waals surface area contributed by atoms with Crippen LogP contribution in [0.2, 0.25) is 0 Å². The van der Waals surface area contributed by atoms with E-state index in [1.807, 2.05) is 14.1 Å². The number of hydrogen-bond acceptors (Lipinski definition) is 4. The predicted molar refractivity (Wildman–Crippen MR) is 79.2 cm³/mol. The maximum Gasteiger partial charge on any atom is 0.325 e. The van der Waals surface area contributed by atoms with E-state index in [0.29, 0.717) is 12.2 Å². The number of urea groups is 1. The van der Waals surface area contributed by atoms with Gasteiger partial charge < -0.3 is 20.6 Å². The van der Waals surface area contributed by atoms with Crippen LogP contribution in [-0.4, -0.2) is 59.0 Å². The maximum absolute atomic E-state index is 11.8. The van der Waals surface area contributed by atoms with Gasteiger partial charge in [-0.2, -0.15) is 5.10 Å². The SMILES string of the molecule is CN(C)CC(C)(C)CNC(=O)Nc1cnn(CC(=O)O)c1. The number of carboxylic acids is 1. The Balaban J connectivity index is 2.43. The molecule has 0 bridgehead atoms. The molecule has 1 aromatic heterocycles. The standard InChI is InChI=1S/C13H23N5O3/c1-13(2,9-17(3)4)8-14-12(21)16-10-5-15-18(6-10)7-11(19)20/h5-6H,7-9H2,1-4H3,(H,19,20)(H2,14,16,21). The summed E-state index contributed by atoms with van der Waals surface area (Å²) in [7, 11) is 3.97. The normalized spacial score (nSPS) is 11.5. The van der Waals surface area contributed by atoms with Crippen molar-refractivity contribution in [2.45, 2.75) is 20.4 Å². The van der Waals surface area contributed by atoms with Crippen molar-refractivity contribution < 1.29 is 14.7 Å². The Labute approximate surface area is 124 Å². The van der Waals surface area contributed by atoms with Gasteiger partial charge in [0.05, 0.1) is 11.9 Å². The number of carbonyl (C=O) groups excluding carboxylic acids is 1. The van der Waals surface area contributed by atoms with E-state index in [1.165, 1.54) is 17.1 Å².